The fourth-order valence-corrected chi connectivity index (χ4v) is 4.33. The van der Waals surface area contributed by atoms with Crippen LogP contribution in [0.3, 0.4) is 0 Å². The van der Waals surface area contributed by atoms with Crippen LogP contribution in [-0.2, 0) is 16.1 Å². The number of nitrogens with zero attached hydrogens (tertiary/aromatic N) is 1. The molecular weight excluding hydrogens is 416 g/mol. The maximum atomic E-state index is 13.3. The molecule has 0 heterocycles. The molecule has 0 saturated heterocycles. The molecule has 1 aliphatic carbocycles. The molecule has 2 amide bonds. The number of methoxy groups -OCH3 is 1. The molecule has 2 aromatic rings. The van der Waals surface area contributed by atoms with E-state index in [1.807, 2.05) is 62.4 Å². The number of amides is 2. The number of hydrogen-bond acceptors (Lipinski definition) is 4. The van der Waals surface area contributed by atoms with Gasteiger partial charge < -0.3 is 19.7 Å². The van der Waals surface area contributed by atoms with Crippen LogP contribution in [0, 0.1) is 6.92 Å². The van der Waals surface area contributed by atoms with Gasteiger partial charge in [-0.1, -0.05) is 56.5 Å². The van der Waals surface area contributed by atoms with Gasteiger partial charge in [0.15, 0.2) is 6.61 Å². The number of nitrogens with one attached hydrogen (secondary N) is 1. The fourth-order valence-electron chi connectivity index (χ4n) is 4.33. The van der Waals surface area contributed by atoms with Crippen molar-refractivity contribution in [2.75, 3.05) is 13.7 Å². The van der Waals surface area contributed by atoms with E-state index in [1.165, 1.54) is 6.42 Å². The Bertz CT molecular complexity index is 907. The van der Waals surface area contributed by atoms with Gasteiger partial charge in [0.25, 0.3) is 5.91 Å². The lowest BCUT2D eigenvalue weighted by Crippen LogP contribution is -2.52. The van der Waals surface area contributed by atoms with Gasteiger partial charge in [-0.05, 0) is 55.5 Å². The summed E-state index contributed by atoms with van der Waals surface area (Å²) in [6, 6.07) is 14.8. The van der Waals surface area contributed by atoms with Gasteiger partial charge >= 0.3 is 0 Å². The molecule has 0 unspecified atom stereocenters. The molecule has 1 aliphatic rings. The fraction of sp³-hybridized carbons (Fsp3) is 0.481. The van der Waals surface area contributed by atoms with Crippen molar-refractivity contribution in [2.24, 2.45) is 0 Å². The van der Waals surface area contributed by atoms with E-state index >= 15 is 0 Å². The predicted molar refractivity (Wildman–Crippen MR) is 129 cm³/mol. The van der Waals surface area contributed by atoms with Crippen LogP contribution in [0.5, 0.6) is 11.5 Å². The highest BCUT2D eigenvalue weighted by molar-refractivity contribution is 5.88. The van der Waals surface area contributed by atoms with Crippen LogP contribution >= 0.6 is 0 Å². The number of carbonyl (C=O) groups is 2. The van der Waals surface area contributed by atoms with Crippen molar-refractivity contribution in [2.45, 2.75) is 71.0 Å². The topological polar surface area (TPSA) is 67.9 Å². The van der Waals surface area contributed by atoms with Crippen molar-refractivity contribution in [1.29, 1.82) is 0 Å². The Morgan fingerprint density at radius 1 is 1.06 bits per heavy atom. The molecular formula is C27H36N2O4. The van der Waals surface area contributed by atoms with Gasteiger partial charge in [-0.3, -0.25) is 9.59 Å². The van der Waals surface area contributed by atoms with Crippen molar-refractivity contribution in [3.05, 3.63) is 59.7 Å². The van der Waals surface area contributed by atoms with Gasteiger partial charge in [-0.2, -0.15) is 0 Å². The second kappa shape index (κ2) is 12.3. The van der Waals surface area contributed by atoms with Crippen LogP contribution in [0.2, 0.25) is 0 Å². The van der Waals surface area contributed by atoms with Crippen molar-refractivity contribution in [3.63, 3.8) is 0 Å². The average Bonchev–Trinajstić information content (AvgIpc) is 2.84. The molecule has 0 radical (unpaired) electrons. The zero-order valence-electron chi connectivity index (χ0n) is 20.0. The Hall–Kier alpha value is -3.02. The van der Waals surface area contributed by atoms with E-state index in [-0.39, 0.29) is 24.5 Å². The van der Waals surface area contributed by atoms with Crippen LogP contribution in [0.15, 0.2) is 48.5 Å². The third kappa shape index (κ3) is 6.98. The molecule has 0 aliphatic heterocycles. The number of ether oxygens (including phenoxy) is 2. The Morgan fingerprint density at radius 3 is 2.39 bits per heavy atom. The minimum Gasteiger partial charge on any atom is -0.497 e. The molecule has 0 spiro atoms. The Balaban J connectivity index is 1.76. The number of rotatable bonds is 10. The van der Waals surface area contributed by atoms with Gasteiger partial charge in [0.1, 0.15) is 17.5 Å². The SMILES string of the molecule is CC[C@@H](C(=O)NC1CCCCC1)N(Cc1ccc(OC)cc1)C(=O)COc1ccccc1C. The van der Waals surface area contributed by atoms with Gasteiger partial charge in [0.2, 0.25) is 5.91 Å². The molecule has 0 bridgehead atoms. The third-order valence-corrected chi connectivity index (χ3v) is 6.29. The minimum atomic E-state index is -0.554. The second-order valence-electron chi connectivity index (χ2n) is 8.69. The van der Waals surface area contributed by atoms with Crippen LogP contribution in [0.25, 0.3) is 0 Å². The summed E-state index contributed by atoms with van der Waals surface area (Å²) >= 11 is 0. The number of para-hydroxylation sites is 1. The van der Waals surface area contributed by atoms with Crippen molar-refractivity contribution < 1.29 is 19.1 Å². The number of carbonyl (C=O) groups excluding carboxylic acids is 2. The molecule has 1 atom stereocenters. The van der Waals surface area contributed by atoms with E-state index in [1.54, 1.807) is 12.0 Å². The molecule has 1 saturated carbocycles. The Morgan fingerprint density at radius 2 is 1.76 bits per heavy atom. The highest BCUT2D eigenvalue weighted by Crippen LogP contribution is 2.21. The molecule has 0 aromatic heterocycles. The first kappa shape index (κ1) is 24.6. The van der Waals surface area contributed by atoms with Crippen LogP contribution in [0.4, 0.5) is 0 Å². The van der Waals surface area contributed by atoms with Gasteiger partial charge in [-0.25, -0.2) is 0 Å². The van der Waals surface area contributed by atoms with E-state index in [9.17, 15) is 9.59 Å². The van der Waals surface area contributed by atoms with E-state index in [2.05, 4.69) is 5.32 Å². The summed E-state index contributed by atoms with van der Waals surface area (Å²) in [7, 11) is 1.62. The lowest BCUT2D eigenvalue weighted by Gasteiger charge is -2.32. The lowest BCUT2D eigenvalue weighted by atomic mass is 9.95. The van der Waals surface area contributed by atoms with E-state index < -0.39 is 6.04 Å². The third-order valence-electron chi connectivity index (χ3n) is 6.29. The minimum absolute atomic E-state index is 0.0813. The zero-order valence-corrected chi connectivity index (χ0v) is 20.0. The van der Waals surface area contributed by atoms with E-state index in [0.29, 0.717) is 18.7 Å². The molecule has 6 nitrogen and oxygen atoms in total. The quantitative estimate of drug-likeness (QED) is 0.570. The predicted octanol–water partition coefficient (Wildman–Crippen LogP) is 4.64. The smallest absolute Gasteiger partial charge is 0.261 e. The van der Waals surface area contributed by atoms with E-state index in [4.69, 9.17) is 9.47 Å². The van der Waals surface area contributed by atoms with Crippen LogP contribution in [0.1, 0.15) is 56.6 Å². The highest BCUT2D eigenvalue weighted by Gasteiger charge is 2.30. The summed E-state index contributed by atoms with van der Waals surface area (Å²) in [5.41, 5.74) is 1.90. The normalized spacial score (nSPS) is 14.9. The maximum Gasteiger partial charge on any atom is 0.261 e. The summed E-state index contributed by atoms with van der Waals surface area (Å²) in [5.74, 6) is 1.14. The van der Waals surface area contributed by atoms with Gasteiger partial charge in [-0.15, -0.1) is 0 Å². The molecule has 2 aromatic carbocycles. The van der Waals surface area contributed by atoms with Crippen molar-refractivity contribution in [3.8, 4) is 11.5 Å². The highest BCUT2D eigenvalue weighted by atomic mass is 16.5. The summed E-state index contributed by atoms with van der Waals surface area (Å²) in [4.78, 5) is 28.2. The van der Waals surface area contributed by atoms with E-state index in [0.717, 1.165) is 42.6 Å². The first-order valence-electron chi connectivity index (χ1n) is 11.9. The lowest BCUT2D eigenvalue weighted by molar-refractivity contribution is -0.143. The zero-order chi connectivity index (χ0) is 23.6. The average molecular weight is 453 g/mol. The van der Waals surface area contributed by atoms with Gasteiger partial charge in [0.05, 0.1) is 7.11 Å². The maximum absolute atomic E-state index is 13.3. The molecule has 1 N–H and O–H groups in total. The Kier molecular flexibility index (Phi) is 9.16. The summed E-state index contributed by atoms with van der Waals surface area (Å²) in [5, 5.41) is 3.20. The number of benzene rings is 2. The number of aryl methyl sites for hydroxylation is 1. The second-order valence-corrected chi connectivity index (χ2v) is 8.69. The summed E-state index contributed by atoms with van der Waals surface area (Å²) in [6.45, 7) is 4.10. The van der Waals surface area contributed by atoms with Crippen LogP contribution in [-0.4, -0.2) is 42.5 Å². The standard InChI is InChI=1S/C27H36N2O4/c1-4-24(27(31)28-22-11-6-5-7-12-22)29(18-21-14-16-23(32-3)17-15-21)26(30)19-33-25-13-9-8-10-20(25)2/h8-10,13-17,22,24H,4-7,11-12,18-19H2,1-3H3,(H,28,31)/t24-/m0/s1. The van der Waals surface area contributed by atoms with Crippen molar-refractivity contribution in [1.82, 2.24) is 10.2 Å². The first-order chi connectivity index (χ1) is 16.0. The molecule has 3 rings (SSSR count). The van der Waals surface area contributed by atoms with Crippen LogP contribution < -0.4 is 14.8 Å². The summed E-state index contributed by atoms with van der Waals surface area (Å²) in [6.07, 6.45) is 6.05. The largest absolute Gasteiger partial charge is 0.497 e. The molecule has 33 heavy (non-hydrogen) atoms. The first-order valence-corrected chi connectivity index (χ1v) is 11.9. The molecule has 178 valence electrons. The molecule has 1 fully saturated rings. The monoisotopic (exact) mass is 452 g/mol. The number of hydrogen-bond donors (Lipinski definition) is 1. The molecule has 6 heteroatoms. The summed E-state index contributed by atoms with van der Waals surface area (Å²) < 4.78 is 11.1. The van der Waals surface area contributed by atoms with Gasteiger partial charge in [0, 0.05) is 12.6 Å². The Labute approximate surface area is 197 Å². The van der Waals surface area contributed by atoms with Crippen molar-refractivity contribution >= 4 is 11.8 Å².